The van der Waals surface area contributed by atoms with Crippen molar-refractivity contribution < 1.29 is 23.9 Å². The second-order valence-electron chi connectivity index (χ2n) is 8.90. The Morgan fingerprint density at radius 1 is 1.11 bits per heavy atom. The minimum absolute atomic E-state index is 0.0446. The summed E-state index contributed by atoms with van der Waals surface area (Å²) in [6.45, 7) is 1.25. The second-order valence-corrected chi connectivity index (χ2v) is 8.90. The molecule has 4 fully saturated rings. The number of benzene rings is 1. The van der Waals surface area contributed by atoms with Crippen molar-refractivity contribution in [1.29, 1.82) is 0 Å². The number of ketones is 1. The van der Waals surface area contributed by atoms with E-state index in [2.05, 4.69) is 5.32 Å². The topological polar surface area (TPSA) is 81.7 Å². The number of Topliss-reactive ketones (excluding diaryl/α,β-unsaturated/α-hetero) is 1. The molecular weight excluding hydrogens is 358 g/mol. The zero-order valence-electron chi connectivity index (χ0n) is 16.5. The third-order valence-corrected chi connectivity index (χ3v) is 6.68. The van der Waals surface area contributed by atoms with Gasteiger partial charge in [0, 0.05) is 12.5 Å². The van der Waals surface area contributed by atoms with Crippen LogP contribution >= 0.6 is 0 Å². The van der Waals surface area contributed by atoms with E-state index in [0.29, 0.717) is 29.6 Å². The minimum Gasteiger partial charge on any atom is -0.496 e. The molecule has 1 aromatic rings. The molecule has 0 heterocycles. The first-order chi connectivity index (χ1) is 13.3. The number of hydrogen-bond donors (Lipinski definition) is 1. The molecule has 4 bridgehead atoms. The molecule has 150 valence electrons. The molecule has 0 saturated heterocycles. The maximum Gasteiger partial charge on any atom is 0.312 e. The first-order valence-corrected chi connectivity index (χ1v) is 9.97. The van der Waals surface area contributed by atoms with Crippen molar-refractivity contribution in [2.75, 3.05) is 13.7 Å². The van der Waals surface area contributed by atoms with Gasteiger partial charge in [0.15, 0.2) is 6.61 Å². The summed E-state index contributed by atoms with van der Waals surface area (Å²) in [7, 11) is 1.51. The Labute approximate surface area is 165 Å². The summed E-state index contributed by atoms with van der Waals surface area (Å²) in [4.78, 5) is 37.4. The van der Waals surface area contributed by atoms with E-state index in [1.54, 1.807) is 24.3 Å². The maximum atomic E-state index is 13.1. The number of carbonyl (C=O) groups excluding carboxylic acids is 3. The number of methoxy groups -OCH3 is 1. The molecule has 1 aromatic carbocycles. The van der Waals surface area contributed by atoms with Gasteiger partial charge in [0.2, 0.25) is 11.7 Å². The largest absolute Gasteiger partial charge is 0.496 e. The van der Waals surface area contributed by atoms with E-state index in [9.17, 15) is 14.4 Å². The summed E-state index contributed by atoms with van der Waals surface area (Å²) in [5.74, 6) is 0.739. The molecule has 1 amide bonds. The molecule has 1 N–H and O–H groups in total. The first-order valence-electron chi connectivity index (χ1n) is 9.97. The third kappa shape index (κ3) is 3.29. The monoisotopic (exact) mass is 385 g/mol. The van der Waals surface area contributed by atoms with Crippen LogP contribution in [-0.4, -0.2) is 36.9 Å². The van der Waals surface area contributed by atoms with Crippen molar-refractivity contribution in [2.24, 2.45) is 17.3 Å². The zero-order valence-corrected chi connectivity index (χ0v) is 16.5. The summed E-state index contributed by atoms with van der Waals surface area (Å²) >= 11 is 0. The van der Waals surface area contributed by atoms with Crippen LogP contribution in [0.4, 0.5) is 0 Å². The fourth-order valence-corrected chi connectivity index (χ4v) is 6.26. The number of rotatable bonds is 6. The van der Waals surface area contributed by atoms with Crippen molar-refractivity contribution in [3.05, 3.63) is 29.8 Å². The smallest absolute Gasteiger partial charge is 0.312 e. The van der Waals surface area contributed by atoms with Gasteiger partial charge in [-0.2, -0.15) is 0 Å². The van der Waals surface area contributed by atoms with Crippen LogP contribution < -0.4 is 10.1 Å². The van der Waals surface area contributed by atoms with Crippen LogP contribution in [0.5, 0.6) is 5.75 Å². The van der Waals surface area contributed by atoms with Crippen LogP contribution in [-0.2, 0) is 14.3 Å². The van der Waals surface area contributed by atoms with Gasteiger partial charge in [-0.1, -0.05) is 12.1 Å². The van der Waals surface area contributed by atoms with E-state index in [1.807, 2.05) is 0 Å². The van der Waals surface area contributed by atoms with Crippen molar-refractivity contribution in [3.8, 4) is 5.75 Å². The molecule has 4 saturated carbocycles. The third-order valence-electron chi connectivity index (χ3n) is 6.68. The van der Waals surface area contributed by atoms with Gasteiger partial charge in [0.05, 0.1) is 18.1 Å². The number of nitrogens with one attached hydrogen (secondary N) is 1. The van der Waals surface area contributed by atoms with Gasteiger partial charge in [-0.05, 0) is 62.5 Å². The van der Waals surface area contributed by atoms with Crippen molar-refractivity contribution in [2.45, 2.75) is 51.0 Å². The maximum absolute atomic E-state index is 13.1. The average Bonchev–Trinajstić information content (AvgIpc) is 2.63. The number of carbonyl (C=O) groups is 3. The van der Waals surface area contributed by atoms with Gasteiger partial charge in [-0.3, -0.25) is 14.4 Å². The summed E-state index contributed by atoms with van der Waals surface area (Å²) in [6.07, 6.45) is 5.22. The van der Waals surface area contributed by atoms with Crippen LogP contribution in [0.15, 0.2) is 24.3 Å². The highest BCUT2D eigenvalue weighted by atomic mass is 16.5. The highest BCUT2D eigenvalue weighted by Crippen LogP contribution is 2.62. The Hall–Kier alpha value is -2.37. The molecule has 6 heteroatoms. The normalized spacial score (nSPS) is 32.6. The molecule has 6 nitrogen and oxygen atoms in total. The summed E-state index contributed by atoms with van der Waals surface area (Å²) < 4.78 is 10.8. The van der Waals surface area contributed by atoms with Crippen LogP contribution in [0.1, 0.15) is 55.8 Å². The number of amides is 1. The van der Waals surface area contributed by atoms with Crippen molar-refractivity contribution >= 4 is 17.7 Å². The van der Waals surface area contributed by atoms with Crippen LogP contribution in [0.25, 0.3) is 0 Å². The lowest BCUT2D eigenvalue weighted by Crippen LogP contribution is -2.64. The van der Waals surface area contributed by atoms with Gasteiger partial charge in [-0.25, -0.2) is 0 Å². The SMILES string of the molecule is COc1ccccc1C(=O)COC(=O)C12C[C@@H]3C[C@@H](CC(NC(C)=O)(C3)C1)C2. The lowest BCUT2D eigenvalue weighted by atomic mass is 9.47. The second kappa shape index (κ2) is 6.90. The van der Waals surface area contributed by atoms with E-state index in [-0.39, 0.29) is 29.8 Å². The number of hydrogen-bond acceptors (Lipinski definition) is 5. The van der Waals surface area contributed by atoms with Gasteiger partial charge in [-0.15, -0.1) is 0 Å². The van der Waals surface area contributed by atoms with Crippen molar-refractivity contribution in [3.63, 3.8) is 0 Å². The fraction of sp³-hybridized carbons (Fsp3) is 0.591. The Kier molecular flexibility index (Phi) is 4.68. The van der Waals surface area contributed by atoms with Crippen LogP contribution in [0.2, 0.25) is 0 Å². The Morgan fingerprint density at radius 2 is 1.79 bits per heavy atom. The molecule has 4 aliphatic rings. The van der Waals surface area contributed by atoms with E-state index in [4.69, 9.17) is 9.47 Å². The van der Waals surface area contributed by atoms with E-state index in [0.717, 1.165) is 32.1 Å². The lowest BCUT2D eigenvalue weighted by Gasteiger charge is -2.60. The molecule has 0 spiro atoms. The Balaban J connectivity index is 1.47. The Morgan fingerprint density at radius 3 is 2.43 bits per heavy atom. The average molecular weight is 385 g/mol. The molecule has 4 aliphatic carbocycles. The molecule has 0 aliphatic heterocycles. The van der Waals surface area contributed by atoms with Crippen molar-refractivity contribution in [1.82, 2.24) is 5.32 Å². The van der Waals surface area contributed by atoms with E-state index in [1.165, 1.54) is 14.0 Å². The predicted molar refractivity (Wildman–Crippen MR) is 102 cm³/mol. The minimum atomic E-state index is -0.576. The quantitative estimate of drug-likeness (QED) is 0.601. The summed E-state index contributed by atoms with van der Waals surface area (Å²) in [5.41, 5.74) is -0.451. The number of ether oxygens (including phenoxy) is 2. The predicted octanol–water partition coefficient (Wildman–Crippen LogP) is 2.90. The van der Waals surface area contributed by atoms with E-state index < -0.39 is 5.41 Å². The molecule has 2 unspecified atom stereocenters. The van der Waals surface area contributed by atoms with Gasteiger partial charge in [0.25, 0.3) is 0 Å². The highest BCUT2D eigenvalue weighted by Gasteiger charge is 2.61. The Bertz CT molecular complexity index is 803. The molecule has 5 rings (SSSR count). The van der Waals surface area contributed by atoms with Gasteiger partial charge >= 0.3 is 5.97 Å². The molecule has 0 radical (unpaired) electrons. The molecule has 28 heavy (non-hydrogen) atoms. The number of esters is 1. The van der Waals surface area contributed by atoms with E-state index >= 15 is 0 Å². The van der Waals surface area contributed by atoms with Crippen LogP contribution in [0, 0.1) is 17.3 Å². The lowest BCUT2D eigenvalue weighted by molar-refractivity contribution is -0.174. The summed E-state index contributed by atoms with van der Waals surface area (Å²) in [6, 6.07) is 6.93. The van der Waals surface area contributed by atoms with Gasteiger partial charge in [0.1, 0.15) is 5.75 Å². The fourth-order valence-electron chi connectivity index (χ4n) is 6.26. The molecule has 0 aromatic heterocycles. The number of para-hydroxylation sites is 1. The first kappa shape index (κ1) is 19.0. The standard InChI is InChI=1S/C22H27NO5/c1-14(24)23-22-10-15-7-16(11-22)9-21(8-15,13-22)20(26)28-12-18(25)17-5-3-4-6-19(17)27-2/h3-6,15-16H,7-13H2,1-2H3,(H,23,24)/t15-,16+,21?,22?. The highest BCUT2D eigenvalue weighted by molar-refractivity contribution is 6.00. The zero-order chi connectivity index (χ0) is 19.9. The molecular formula is C22H27NO5. The van der Waals surface area contributed by atoms with Crippen LogP contribution in [0.3, 0.4) is 0 Å². The summed E-state index contributed by atoms with van der Waals surface area (Å²) in [5, 5.41) is 3.14. The molecule has 4 atom stereocenters. The van der Waals surface area contributed by atoms with Gasteiger partial charge < -0.3 is 14.8 Å².